The summed E-state index contributed by atoms with van der Waals surface area (Å²) in [5.41, 5.74) is 7.32. The molecular formula is C19H26N4O2. The van der Waals surface area contributed by atoms with Crippen LogP contribution in [0, 0.1) is 12.8 Å². The molecular weight excluding hydrogens is 316 g/mol. The number of piperidine rings is 1. The first-order valence-electron chi connectivity index (χ1n) is 9.15. The third-order valence-electron chi connectivity index (χ3n) is 5.81. The Bertz CT molecular complexity index is 748. The van der Waals surface area contributed by atoms with Gasteiger partial charge in [-0.3, -0.25) is 4.79 Å². The van der Waals surface area contributed by atoms with Crippen molar-refractivity contribution in [3.8, 4) is 0 Å². The fourth-order valence-electron chi connectivity index (χ4n) is 4.05. The number of aromatic nitrogens is 1. The first-order valence-corrected chi connectivity index (χ1v) is 9.15. The van der Waals surface area contributed by atoms with Crippen molar-refractivity contribution >= 4 is 11.8 Å². The van der Waals surface area contributed by atoms with E-state index in [-0.39, 0.29) is 18.0 Å². The van der Waals surface area contributed by atoms with E-state index in [1.54, 1.807) is 0 Å². The molecule has 2 N–H and O–H groups in total. The molecule has 0 aliphatic carbocycles. The molecule has 3 aliphatic rings. The number of carbonyl (C=O) groups excluding carboxylic acids is 1. The zero-order chi connectivity index (χ0) is 17.6. The zero-order valence-electron chi connectivity index (χ0n) is 15.1. The first kappa shape index (κ1) is 16.4. The van der Waals surface area contributed by atoms with E-state index in [1.807, 2.05) is 20.0 Å². The number of hydrogen-bond acceptors (Lipinski definition) is 4. The second-order valence-electron chi connectivity index (χ2n) is 7.55. The second kappa shape index (κ2) is 6.33. The molecule has 3 aliphatic heterocycles. The molecule has 1 saturated heterocycles. The van der Waals surface area contributed by atoms with Gasteiger partial charge < -0.3 is 14.7 Å². The number of fused-ring (bicyclic) bond motifs is 1. The summed E-state index contributed by atoms with van der Waals surface area (Å²) < 4.78 is 0. The van der Waals surface area contributed by atoms with Gasteiger partial charge in [0.25, 0.3) is 0 Å². The summed E-state index contributed by atoms with van der Waals surface area (Å²) in [5, 5.41) is 0. The molecule has 0 saturated carbocycles. The van der Waals surface area contributed by atoms with Crippen LogP contribution in [0.25, 0.3) is 0 Å². The highest BCUT2D eigenvalue weighted by molar-refractivity contribution is 5.94. The fraction of sp³-hybridized carbons (Fsp3) is 0.579. The van der Waals surface area contributed by atoms with Crippen molar-refractivity contribution in [3.63, 3.8) is 0 Å². The standard InChI is InChI=1S/C19H26N4O2/c1-11-8-16(20-9-11)17-21-18(25-22-17)14-5-7-15-6-4-12(2)13(3)19(24)23(15)10-14/h8-9,14-15,17,20,22H,4-7,10H2,1-3H3. The van der Waals surface area contributed by atoms with E-state index in [0.717, 1.165) is 42.8 Å². The van der Waals surface area contributed by atoms with Crippen molar-refractivity contribution in [1.29, 1.82) is 0 Å². The van der Waals surface area contributed by atoms with Crippen LogP contribution in [-0.2, 0) is 9.63 Å². The number of H-pyrrole nitrogens is 1. The third-order valence-corrected chi connectivity index (χ3v) is 5.81. The number of aryl methyl sites for hydroxylation is 1. The highest BCUT2D eigenvalue weighted by Gasteiger charge is 2.38. The average molecular weight is 342 g/mol. The molecule has 1 aromatic rings. The molecule has 0 bridgehead atoms. The number of allylic oxidation sites excluding steroid dienone is 1. The number of hydrogen-bond donors (Lipinski definition) is 2. The van der Waals surface area contributed by atoms with E-state index in [4.69, 9.17) is 9.83 Å². The normalized spacial score (nSPS) is 30.0. The van der Waals surface area contributed by atoms with Gasteiger partial charge in [-0.2, -0.15) is 0 Å². The van der Waals surface area contributed by atoms with Crippen molar-refractivity contribution in [1.82, 2.24) is 15.4 Å². The average Bonchev–Trinajstić information content (AvgIpc) is 3.25. The Morgan fingerprint density at radius 2 is 2.08 bits per heavy atom. The lowest BCUT2D eigenvalue weighted by Gasteiger charge is -2.38. The number of aromatic amines is 1. The van der Waals surface area contributed by atoms with Crippen molar-refractivity contribution < 1.29 is 9.63 Å². The van der Waals surface area contributed by atoms with Crippen molar-refractivity contribution in [2.45, 2.75) is 58.7 Å². The lowest BCUT2D eigenvalue weighted by Crippen LogP contribution is -2.48. The number of amides is 1. The van der Waals surface area contributed by atoms with Crippen LogP contribution in [0.4, 0.5) is 0 Å². The number of aliphatic imine (C=N–C) groups is 1. The number of nitrogens with one attached hydrogen (secondary N) is 2. The van der Waals surface area contributed by atoms with Gasteiger partial charge in [0.1, 0.15) is 0 Å². The Balaban J connectivity index is 1.50. The number of carbonyl (C=O) groups is 1. The molecule has 0 spiro atoms. The molecule has 0 radical (unpaired) electrons. The summed E-state index contributed by atoms with van der Waals surface area (Å²) in [6.07, 6.45) is 5.90. The van der Waals surface area contributed by atoms with E-state index < -0.39 is 0 Å². The van der Waals surface area contributed by atoms with Crippen LogP contribution in [0.15, 0.2) is 28.4 Å². The molecule has 0 aromatic carbocycles. The van der Waals surface area contributed by atoms with Gasteiger partial charge in [0.2, 0.25) is 11.8 Å². The molecule has 3 unspecified atom stereocenters. The van der Waals surface area contributed by atoms with Gasteiger partial charge in [-0.15, -0.1) is 5.48 Å². The Hall–Kier alpha value is -2.08. The van der Waals surface area contributed by atoms with E-state index in [9.17, 15) is 4.79 Å². The highest BCUT2D eigenvalue weighted by atomic mass is 16.7. The van der Waals surface area contributed by atoms with Crippen LogP contribution < -0.4 is 5.48 Å². The molecule has 6 nitrogen and oxygen atoms in total. The summed E-state index contributed by atoms with van der Waals surface area (Å²) in [4.78, 5) is 28.5. The summed E-state index contributed by atoms with van der Waals surface area (Å²) in [6.45, 7) is 6.79. The van der Waals surface area contributed by atoms with Crippen molar-refractivity contribution in [2.75, 3.05) is 6.54 Å². The van der Waals surface area contributed by atoms with Gasteiger partial charge in [-0.05, 0) is 58.1 Å². The minimum absolute atomic E-state index is 0.167. The lowest BCUT2D eigenvalue weighted by atomic mass is 9.90. The Morgan fingerprint density at radius 1 is 1.24 bits per heavy atom. The van der Waals surface area contributed by atoms with Gasteiger partial charge in [-0.1, -0.05) is 5.57 Å². The molecule has 3 atom stereocenters. The zero-order valence-corrected chi connectivity index (χ0v) is 15.1. The van der Waals surface area contributed by atoms with E-state index in [1.165, 1.54) is 11.1 Å². The van der Waals surface area contributed by atoms with Crippen LogP contribution in [-0.4, -0.2) is 34.3 Å². The predicted octanol–water partition coefficient (Wildman–Crippen LogP) is 2.99. The van der Waals surface area contributed by atoms with Gasteiger partial charge >= 0.3 is 0 Å². The number of nitrogens with zero attached hydrogens (tertiary/aromatic N) is 2. The maximum atomic E-state index is 12.8. The maximum Gasteiger partial charge on any atom is 0.249 e. The number of hydroxylamine groups is 1. The quantitative estimate of drug-likeness (QED) is 0.868. The Kier molecular flexibility index (Phi) is 4.15. The summed E-state index contributed by atoms with van der Waals surface area (Å²) in [7, 11) is 0. The minimum Gasteiger partial charge on any atom is -0.391 e. The molecule has 25 heavy (non-hydrogen) atoms. The fourth-order valence-corrected chi connectivity index (χ4v) is 4.05. The van der Waals surface area contributed by atoms with Crippen LogP contribution in [0.2, 0.25) is 0 Å². The van der Waals surface area contributed by atoms with E-state index in [2.05, 4.69) is 28.4 Å². The molecule has 1 amide bonds. The van der Waals surface area contributed by atoms with Crippen molar-refractivity contribution in [3.05, 3.63) is 34.7 Å². The van der Waals surface area contributed by atoms with Crippen LogP contribution in [0.3, 0.4) is 0 Å². The van der Waals surface area contributed by atoms with Crippen LogP contribution in [0.1, 0.15) is 57.0 Å². The van der Waals surface area contributed by atoms with Gasteiger partial charge in [0, 0.05) is 24.4 Å². The lowest BCUT2D eigenvalue weighted by molar-refractivity contribution is -0.131. The van der Waals surface area contributed by atoms with Crippen LogP contribution in [0.5, 0.6) is 0 Å². The SMILES string of the molecule is CC1=C(C)C(=O)N2CC(C3=NC(c4cc(C)c[nH]4)NO3)CCC2CC1. The summed E-state index contributed by atoms with van der Waals surface area (Å²) in [6, 6.07) is 2.42. The minimum atomic E-state index is -0.190. The van der Waals surface area contributed by atoms with Crippen molar-refractivity contribution in [2.24, 2.45) is 10.9 Å². The largest absolute Gasteiger partial charge is 0.391 e. The highest BCUT2D eigenvalue weighted by Crippen LogP contribution is 2.33. The summed E-state index contributed by atoms with van der Waals surface area (Å²) in [5.74, 6) is 1.08. The second-order valence-corrected chi connectivity index (χ2v) is 7.55. The Morgan fingerprint density at radius 3 is 2.84 bits per heavy atom. The molecule has 4 heterocycles. The monoisotopic (exact) mass is 342 g/mol. The third kappa shape index (κ3) is 2.99. The molecule has 1 fully saturated rings. The summed E-state index contributed by atoms with van der Waals surface area (Å²) >= 11 is 0. The molecule has 4 rings (SSSR count). The molecule has 1 aromatic heterocycles. The van der Waals surface area contributed by atoms with Gasteiger partial charge in [-0.25, -0.2) is 4.99 Å². The topological polar surface area (TPSA) is 69.7 Å². The smallest absolute Gasteiger partial charge is 0.249 e. The van der Waals surface area contributed by atoms with Crippen LogP contribution >= 0.6 is 0 Å². The van der Waals surface area contributed by atoms with Gasteiger partial charge in [0.05, 0.1) is 11.6 Å². The maximum absolute atomic E-state index is 12.8. The number of rotatable bonds is 2. The van der Waals surface area contributed by atoms with E-state index in [0.29, 0.717) is 12.6 Å². The van der Waals surface area contributed by atoms with Gasteiger partial charge in [0.15, 0.2) is 6.17 Å². The Labute approximate surface area is 148 Å². The van der Waals surface area contributed by atoms with E-state index >= 15 is 0 Å². The molecule has 134 valence electrons. The molecule has 6 heteroatoms. The predicted molar refractivity (Wildman–Crippen MR) is 95.8 cm³/mol. The first-order chi connectivity index (χ1) is 12.0.